The quantitative estimate of drug-likeness (QED) is 0.606. The Morgan fingerprint density at radius 1 is 1.12 bits per heavy atom. The van der Waals surface area contributed by atoms with Gasteiger partial charge in [-0.25, -0.2) is 14.3 Å². The summed E-state index contributed by atoms with van der Waals surface area (Å²) in [6.45, 7) is 2.77. The summed E-state index contributed by atoms with van der Waals surface area (Å²) in [6, 6.07) is 16.0. The smallest absolute Gasteiger partial charge is 0.408 e. The van der Waals surface area contributed by atoms with E-state index in [1.54, 1.807) is 4.57 Å². The summed E-state index contributed by atoms with van der Waals surface area (Å²) in [7, 11) is 0. The van der Waals surface area contributed by atoms with Crippen molar-refractivity contribution in [2.45, 2.75) is 25.4 Å². The zero-order valence-electron chi connectivity index (χ0n) is 14.4. The van der Waals surface area contributed by atoms with Crippen molar-refractivity contribution in [3.8, 4) is 0 Å². The van der Waals surface area contributed by atoms with E-state index < -0.39 is 0 Å². The molecule has 5 rings (SSSR count). The molecular formula is C20H20N3O2S+. The molecule has 1 fully saturated rings. The number of benzene rings is 2. The second kappa shape index (κ2) is 6.37. The van der Waals surface area contributed by atoms with E-state index in [0.29, 0.717) is 18.2 Å². The summed E-state index contributed by atoms with van der Waals surface area (Å²) >= 11 is 1.82. The largest absolute Gasteiger partial charge is 0.424 e. The second-order valence-electron chi connectivity index (χ2n) is 6.97. The van der Waals surface area contributed by atoms with Gasteiger partial charge in [0.05, 0.1) is 33.8 Å². The molecule has 1 N–H and O–H groups in total. The van der Waals surface area contributed by atoms with Crippen molar-refractivity contribution in [1.29, 1.82) is 0 Å². The third kappa shape index (κ3) is 2.75. The van der Waals surface area contributed by atoms with E-state index in [4.69, 9.17) is 9.40 Å². The van der Waals surface area contributed by atoms with Crippen molar-refractivity contribution in [3.63, 3.8) is 0 Å². The van der Waals surface area contributed by atoms with Crippen LogP contribution in [0.3, 0.4) is 0 Å². The fourth-order valence-corrected chi connectivity index (χ4v) is 5.02. The van der Waals surface area contributed by atoms with Gasteiger partial charge in [0, 0.05) is 18.8 Å². The highest BCUT2D eigenvalue weighted by molar-refractivity contribution is 7.18. The monoisotopic (exact) mass is 366 g/mol. The maximum atomic E-state index is 12.2. The fraction of sp³-hybridized carbons (Fsp3) is 0.300. The topological polar surface area (TPSA) is 52.5 Å². The van der Waals surface area contributed by atoms with E-state index in [0.717, 1.165) is 37.0 Å². The molecule has 0 spiro atoms. The van der Waals surface area contributed by atoms with Gasteiger partial charge in [-0.15, -0.1) is 11.3 Å². The summed E-state index contributed by atoms with van der Waals surface area (Å²) in [5.41, 5.74) is 2.67. The maximum Gasteiger partial charge on any atom is 0.424 e. The molecule has 0 saturated carbocycles. The fourth-order valence-electron chi connectivity index (χ4n) is 3.88. The van der Waals surface area contributed by atoms with E-state index in [9.17, 15) is 4.79 Å². The van der Waals surface area contributed by atoms with Gasteiger partial charge in [0.2, 0.25) is 0 Å². The van der Waals surface area contributed by atoms with Gasteiger partial charge in [0.15, 0.2) is 12.3 Å². The van der Waals surface area contributed by atoms with Crippen LogP contribution in [-0.2, 0) is 6.67 Å². The molecule has 3 heterocycles. The average Bonchev–Trinajstić information content (AvgIpc) is 3.24. The Labute approximate surface area is 154 Å². The van der Waals surface area contributed by atoms with Gasteiger partial charge in [-0.1, -0.05) is 24.3 Å². The number of nitrogens with zero attached hydrogens (tertiary/aromatic N) is 2. The van der Waals surface area contributed by atoms with Crippen molar-refractivity contribution in [1.82, 2.24) is 9.55 Å². The van der Waals surface area contributed by atoms with Crippen LogP contribution in [0.2, 0.25) is 0 Å². The number of oxazole rings is 1. The van der Waals surface area contributed by atoms with Crippen LogP contribution in [0.1, 0.15) is 23.8 Å². The molecule has 5 nitrogen and oxygen atoms in total. The molecule has 6 heteroatoms. The summed E-state index contributed by atoms with van der Waals surface area (Å²) < 4.78 is 8.39. The third-order valence-corrected chi connectivity index (χ3v) is 6.51. The molecule has 2 aromatic carbocycles. The van der Waals surface area contributed by atoms with E-state index in [2.05, 4.69) is 18.2 Å². The van der Waals surface area contributed by atoms with Crippen molar-refractivity contribution in [2.24, 2.45) is 0 Å². The SMILES string of the molecule is O=c1oc2ccccc2n1C[NH+]1CCC(c2nc3ccccc3s2)CC1. The Hall–Kier alpha value is -2.44. The van der Waals surface area contributed by atoms with E-state index in [1.165, 1.54) is 14.6 Å². The number of likely N-dealkylation sites (tertiary alicyclic amines) is 1. The van der Waals surface area contributed by atoms with Crippen LogP contribution < -0.4 is 10.7 Å². The maximum absolute atomic E-state index is 12.2. The lowest BCUT2D eigenvalue weighted by Crippen LogP contribution is -3.12. The highest BCUT2D eigenvalue weighted by Crippen LogP contribution is 2.31. The predicted octanol–water partition coefficient (Wildman–Crippen LogP) is 2.62. The number of piperidine rings is 1. The lowest BCUT2D eigenvalue weighted by molar-refractivity contribution is -0.927. The number of hydrogen-bond donors (Lipinski definition) is 1. The highest BCUT2D eigenvalue weighted by Gasteiger charge is 2.26. The van der Waals surface area contributed by atoms with Crippen LogP contribution in [0.4, 0.5) is 0 Å². The number of quaternary nitrogens is 1. The first-order valence-electron chi connectivity index (χ1n) is 9.05. The summed E-state index contributed by atoms with van der Waals surface area (Å²) in [5.74, 6) is 0.279. The summed E-state index contributed by atoms with van der Waals surface area (Å²) in [5, 5.41) is 1.26. The highest BCUT2D eigenvalue weighted by atomic mass is 32.1. The molecule has 1 aliphatic heterocycles. The normalized spacial score (nSPS) is 20.8. The Bertz CT molecular complexity index is 1090. The Morgan fingerprint density at radius 3 is 2.73 bits per heavy atom. The van der Waals surface area contributed by atoms with Gasteiger partial charge >= 0.3 is 5.76 Å². The Balaban J connectivity index is 1.31. The Kier molecular flexibility index (Phi) is 3.87. The number of nitrogens with one attached hydrogen (secondary N) is 1. The number of rotatable bonds is 3. The number of thiazole rings is 1. The Morgan fingerprint density at radius 2 is 1.88 bits per heavy atom. The third-order valence-electron chi connectivity index (χ3n) is 5.31. The van der Waals surface area contributed by atoms with Crippen LogP contribution in [0, 0.1) is 0 Å². The summed E-state index contributed by atoms with van der Waals surface area (Å²) in [6.07, 6.45) is 2.22. The molecule has 0 radical (unpaired) electrons. The van der Waals surface area contributed by atoms with Crippen LogP contribution in [0.15, 0.2) is 57.7 Å². The van der Waals surface area contributed by atoms with Gasteiger partial charge < -0.3 is 9.32 Å². The molecule has 0 aliphatic carbocycles. The minimum atomic E-state index is -0.257. The van der Waals surface area contributed by atoms with Gasteiger partial charge in [-0.2, -0.15) is 0 Å². The van der Waals surface area contributed by atoms with Crippen LogP contribution in [0.5, 0.6) is 0 Å². The zero-order chi connectivity index (χ0) is 17.5. The standard InChI is InChI=1S/C20H19N3O2S/c24-20-23(16-6-2-3-7-17(16)25-20)13-22-11-9-14(10-12-22)19-21-15-5-1-4-8-18(15)26-19/h1-8,14H,9-13H2/p+1. The van der Waals surface area contributed by atoms with E-state index >= 15 is 0 Å². The molecule has 4 aromatic rings. The van der Waals surface area contributed by atoms with Crippen LogP contribution in [-0.4, -0.2) is 22.6 Å². The molecule has 0 atom stereocenters. The van der Waals surface area contributed by atoms with E-state index in [1.807, 2.05) is 41.7 Å². The molecule has 1 saturated heterocycles. The minimum Gasteiger partial charge on any atom is -0.408 e. The number of aromatic nitrogens is 2. The molecule has 2 aromatic heterocycles. The van der Waals surface area contributed by atoms with Crippen molar-refractivity contribution < 1.29 is 9.32 Å². The number of hydrogen-bond acceptors (Lipinski definition) is 4. The van der Waals surface area contributed by atoms with Gasteiger partial charge in [0.25, 0.3) is 0 Å². The molecular weight excluding hydrogens is 346 g/mol. The zero-order valence-corrected chi connectivity index (χ0v) is 15.2. The van der Waals surface area contributed by atoms with Crippen molar-refractivity contribution in [2.75, 3.05) is 13.1 Å². The molecule has 0 amide bonds. The second-order valence-corrected chi connectivity index (χ2v) is 8.03. The lowest BCUT2D eigenvalue weighted by atomic mass is 9.98. The molecule has 0 bridgehead atoms. The van der Waals surface area contributed by atoms with Gasteiger partial charge in [-0.3, -0.25) is 0 Å². The molecule has 132 valence electrons. The minimum absolute atomic E-state index is 0.257. The van der Waals surface area contributed by atoms with Crippen LogP contribution >= 0.6 is 11.3 Å². The first kappa shape index (κ1) is 15.8. The number of para-hydroxylation sites is 3. The van der Waals surface area contributed by atoms with Crippen LogP contribution in [0.25, 0.3) is 21.3 Å². The van der Waals surface area contributed by atoms with Gasteiger partial charge in [-0.05, 0) is 24.3 Å². The predicted molar refractivity (Wildman–Crippen MR) is 103 cm³/mol. The van der Waals surface area contributed by atoms with Crippen molar-refractivity contribution in [3.05, 3.63) is 64.1 Å². The molecule has 26 heavy (non-hydrogen) atoms. The van der Waals surface area contributed by atoms with Gasteiger partial charge in [0.1, 0.15) is 0 Å². The number of fused-ring (bicyclic) bond motifs is 2. The first-order valence-corrected chi connectivity index (χ1v) is 9.87. The molecule has 1 aliphatic rings. The average molecular weight is 366 g/mol. The van der Waals surface area contributed by atoms with Crippen molar-refractivity contribution >= 4 is 32.7 Å². The first-order chi connectivity index (χ1) is 12.8. The summed E-state index contributed by atoms with van der Waals surface area (Å²) in [4.78, 5) is 18.4. The lowest BCUT2D eigenvalue weighted by Gasteiger charge is -2.28. The molecule has 0 unspecified atom stereocenters. The van der Waals surface area contributed by atoms with E-state index in [-0.39, 0.29) is 5.76 Å².